The number of aromatic amines is 1. The lowest BCUT2D eigenvalue weighted by Crippen LogP contribution is -2.31. The van der Waals surface area contributed by atoms with Gasteiger partial charge in [0, 0.05) is 31.7 Å². The number of nitrogens with zero attached hydrogens (tertiary/aromatic N) is 3. The molecule has 4 rings (SSSR count). The van der Waals surface area contributed by atoms with Crippen LogP contribution in [0, 0.1) is 0 Å². The third-order valence-electron chi connectivity index (χ3n) is 4.77. The molecular weight excluding hydrogens is 312 g/mol. The Balaban J connectivity index is 1.66. The highest BCUT2D eigenvalue weighted by Crippen LogP contribution is 2.32. The standard InChI is InChI=1S/C19H24N6/c1-2-9-21-19-16-17(23-24-18(16)20)14-8-10-25(12-15(14)22-19)11-13-6-4-3-5-7-13/h3-7H,2,8-12H2,1H3,(H,21,22)(H3,20,23,24). The number of pyridine rings is 1. The Labute approximate surface area is 147 Å². The molecule has 0 unspecified atom stereocenters. The van der Waals surface area contributed by atoms with E-state index in [0.29, 0.717) is 5.82 Å². The summed E-state index contributed by atoms with van der Waals surface area (Å²) in [6.45, 7) is 5.82. The van der Waals surface area contributed by atoms with Gasteiger partial charge in [-0.15, -0.1) is 0 Å². The number of nitrogens with one attached hydrogen (secondary N) is 2. The number of fused-ring (bicyclic) bond motifs is 3. The third-order valence-corrected chi connectivity index (χ3v) is 4.77. The Hall–Kier alpha value is -2.60. The fourth-order valence-corrected chi connectivity index (χ4v) is 3.53. The molecule has 0 radical (unpaired) electrons. The van der Waals surface area contributed by atoms with Gasteiger partial charge in [0.25, 0.3) is 0 Å². The van der Waals surface area contributed by atoms with Crippen LogP contribution in [-0.4, -0.2) is 33.2 Å². The first-order chi connectivity index (χ1) is 12.3. The Bertz CT molecular complexity index is 871. The molecule has 130 valence electrons. The van der Waals surface area contributed by atoms with Crippen LogP contribution < -0.4 is 11.1 Å². The number of hydrogen-bond acceptors (Lipinski definition) is 5. The molecule has 0 saturated heterocycles. The minimum Gasteiger partial charge on any atom is -0.382 e. The second-order valence-corrected chi connectivity index (χ2v) is 6.62. The molecule has 3 aromatic rings. The van der Waals surface area contributed by atoms with Crippen molar-refractivity contribution in [3.63, 3.8) is 0 Å². The van der Waals surface area contributed by atoms with Crippen molar-refractivity contribution in [2.45, 2.75) is 32.9 Å². The van der Waals surface area contributed by atoms with Gasteiger partial charge in [-0.2, -0.15) is 5.10 Å². The van der Waals surface area contributed by atoms with Gasteiger partial charge in [0.15, 0.2) is 5.82 Å². The van der Waals surface area contributed by atoms with E-state index in [0.717, 1.165) is 61.4 Å². The topological polar surface area (TPSA) is 82.9 Å². The number of anilines is 2. The normalized spacial score (nSPS) is 14.6. The maximum absolute atomic E-state index is 6.08. The van der Waals surface area contributed by atoms with Crippen molar-refractivity contribution >= 4 is 22.5 Å². The van der Waals surface area contributed by atoms with Crippen molar-refractivity contribution in [2.75, 3.05) is 24.1 Å². The van der Waals surface area contributed by atoms with E-state index in [1.807, 2.05) is 0 Å². The van der Waals surface area contributed by atoms with Crippen LogP contribution in [0.15, 0.2) is 30.3 Å². The number of nitrogens with two attached hydrogens (primary N) is 1. The maximum atomic E-state index is 6.08. The lowest BCUT2D eigenvalue weighted by molar-refractivity contribution is 0.242. The molecule has 0 spiro atoms. The van der Waals surface area contributed by atoms with Crippen LogP contribution in [0.25, 0.3) is 10.9 Å². The molecule has 2 aromatic heterocycles. The van der Waals surface area contributed by atoms with E-state index in [1.54, 1.807) is 0 Å². The van der Waals surface area contributed by atoms with Gasteiger partial charge >= 0.3 is 0 Å². The predicted molar refractivity (Wildman–Crippen MR) is 101 cm³/mol. The molecule has 0 fully saturated rings. The van der Waals surface area contributed by atoms with E-state index in [9.17, 15) is 0 Å². The van der Waals surface area contributed by atoms with Gasteiger partial charge < -0.3 is 11.1 Å². The van der Waals surface area contributed by atoms with Gasteiger partial charge in [0.05, 0.1) is 16.6 Å². The monoisotopic (exact) mass is 336 g/mol. The van der Waals surface area contributed by atoms with Gasteiger partial charge in [-0.3, -0.25) is 10.00 Å². The van der Waals surface area contributed by atoms with Crippen molar-refractivity contribution in [2.24, 2.45) is 0 Å². The summed E-state index contributed by atoms with van der Waals surface area (Å²) in [6, 6.07) is 10.6. The minimum atomic E-state index is 0.524. The van der Waals surface area contributed by atoms with E-state index in [-0.39, 0.29) is 0 Å². The van der Waals surface area contributed by atoms with Gasteiger partial charge in [-0.1, -0.05) is 37.3 Å². The van der Waals surface area contributed by atoms with E-state index < -0.39 is 0 Å². The Kier molecular flexibility index (Phi) is 4.28. The largest absolute Gasteiger partial charge is 0.382 e. The molecule has 0 bridgehead atoms. The quantitative estimate of drug-likeness (QED) is 0.667. The van der Waals surface area contributed by atoms with Gasteiger partial charge in [-0.05, 0) is 18.4 Å². The molecule has 1 aliphatic rings. The summed E-state index contributed by atoms with van der Waals surface area (Å²) in [7, 11) is 0. The fraction of sp³-hybridized carbons (Fsp3) is 0.368. The SMILES string of the molecule is CCCNc1nc2c(c3[nH]nc(N)c13)CCN(Cc1ccccc1)C2. The minimum absolute atomic E-state index is 0.524. The lowest BCUT2D eigenvalue weighted by Gasteiger charge is -2.28. The first-order valence-corrected chi connectivity index (χ1v) is 8.91. The number of rotatable bonds is 5. The highest BCUT2D eigenvalue weighted by molar-refractivity contribution is 5.99. The van der Waals surface area contributed by atoms with E-state index >= 15 is 0 Å². The van der Waals surface area contributed by atoms with Crippen LogP contribution in [0.1, 0.15) is 30.2 Å². The van der Waals surface area contributed by atoms with Gasteiger partial charge in [-0.25, -0.2) is 4.98 Å². The highest BCUT2D eigenvalue weighted by Gasteiger charge is 2.24. The summed E-state index contributed by atoms with van der Waals surface area (Å²) in [5.41, 5.74) is 10.8. The Morgan fingerprint density at radius 3 is 2.92 bits per heavy atom. The van der Waals surface area contributed by atoms with Crippen LogP contribution in [-0.2, 0) is 19.5 Å². The number of hydrogen-bond donors (Lipinski definition) is 3. The third kappa shape index (κ3) is 3.05. The van der Waals surface area contributed by atoms with Crippen LogP contribution in [0.3, 0.4) is 0 Å². The smallest absolute Gasteiger partial charge is 0.156 e. The maximum Gasteiger partial charge on any atom is 0.156 e. The first-order valence-electron chi connectivity index (χ1n) is 8.91. The average molecular weight is 336 g/mol. The fourth-order valence-electron chi connectivity index (χ4n) is 3.53. The highest BCUT2D eigenvalue weighted by atomic mass is 15.2. The number of benzene rings is 1. The average Bonchev–Trinajstić information content (AvgIpc) is 3.02. The van der Waals surface area contributed by atoms with E-state index in [4.69, 9.17) is 10.7 Å². The molecule has 3 heterocycles. The summed E-state index contributed by atoms with van der Waals surface area (Å²) in [5.74, 6) is 1.37. The number of nitrogen functional groups attached to an aromatic ring is 1. The molecule has 6 heteroatoms. The van der Waals surface area contributed by atoms with Crippen molar-refractivity contribution in [3.05, 3.63) is 47.2 Å². The van der Waals surface area contributed by atoms with E-state index in [2.05, 4.69) is 57.7 Å². The zero-order valence-electron chi connectivity index (χ0n) is 14.5. The van der Waals surface area contributed by atoms with Crippen LogP contribution in [0.5, 0.6) is 0 Å². The number of aromatic nitrogens is 3. The van der Waals surface area contributed by atoms with E-state index in [1.165, 1.54) is 11.1 Å². The van der Waals surface area contributed by atoms with Crippen molar-refractivity contribution in [1.29, 1.82) is 0 Å². The van der Waals surface area contributed by atoms with Gasteiger partial charge in [0.2, 0.25) is 0 Å². The van der Waals surface area contributed by atoms with Crippen LogP contribution in [0.4, 0.5) is 11.6 Å². The summed E-state index contributed by atoms with van der Waals surface area (Å²) >= 11 is 0. The number of H-pyrrole nitrogens is 1. The Morgan fingerprint density at radius 1 is 1.28 bits per heavy atom. The summed E-state index contributed by atoms with van der Waals surface area (Å²) in [5, 5.41) is 11.7. The predicted octanol–water partition coefficient (Wildman–Crippen LogP) is 2.92. The molecule has 6 nitrogen and oxygen atoms in total. The molecule has 4 N–H and O–H groups in total. The van der Waals surface area contributed by atoms with Crippen LogP contribution in [0.2, 0.25) is 0 Å². The van der Waals surface area contributed by atoms with Crippen molar-refractivity contribution < 1.29 is 0 Å². The molecule has 0 atom stereocenters. The summed E-state index contributed by atoms with van der Waals surface area (Å²) in [6.07, 6.45) is 2.00. The second kappa shape index (κ2) is 6.72. The second-order valence-electron chi connectivity index (χ2n) is 6.62. The zero-order valence-corrected chi connectivity index (χ0v) is 14.5. The van der Waals surface area contributed by atoms with Gasteiger partial charge in [0.1, 0.15) is 5.82 Å². The first kappa shape index (κ1) is 15.9. The molecule has 25 heavy (non-hydrogen) atoms. The molecule has 0 saturated carbocycles. The lowest BCUT2D eigenvalue weighted by atomic mass is 10.0. The Morgan fingerprint density at radius 2 is 2.12 bits per heavy atom. The molecule has 1 aliphatic heterocycles. The zero-order chi connectivity index (χ0) is 17.2. The molecule has 0 aliphatic carbocycles. The molecule has 0 amide bonds. The van der Waals surface area contributed by atoms with Crippen LogP contribution >= 0.6 is 0 Å². The molecular formula is C19H24N6. The summed E-state index contributed by atoms with van der Waals surface area (Å²) in [4.78, 5) is 7.36. The molecule has 1 aromatic carbocycles. The summed E-state index contributed by atoms with van der Waals surface area (Å²) < 4.78 is 0. The van der Waals surface area contributed by atoms with Crippen molar-refractivity contribution in [1.82, 2.24) is 20.1 Å². The van der Waals surface area contributed by atoms with Crippen molar-refractivity contribution in [3.8, 4) is 0 Å².